The van der Waals surface area contributed by atoms with E-state index < -0.39 is 0 Å². The van der Waals surface area contributed by atoms with Crippen LogP contribution in [0.5, 0.6) is 0 Å². The largest absolute Gasteiger partial charge is 0.316 e. The minimum atomic E-state index is 0.550. The molecular formula is C21H23N. The van der Waals surface area contributed by atoms with Crippen molar-refractivity contribution in [1.82, 2.24) is 5.32 Å². The number of hydrogen-bond acceptors (Lipinski definition) is 1. The fourth-order valence-electron chi connectivity index (χ4n) is 2.95. The van der Waals surface area contributed by atoms with E-state index in [0.717, 1.165) is 19.5 Å². The van der Waals surface area contributed by atoms with E-state index in [0.29, 0.717) is 5.92 Å². The van der Waals surface area contributed by atoms with Gasteiger partial charge in [0.1, 0.15) is 0 Å². The standard InChI is InChI=1S/C21H23N/c1-17(18-8-3-2-4-9-18)16-22-15-14-20-12-7-11-19-10-5-6-13-21(19)20/h2-13,17,22H,14-16H2,1H3. The fraction of sp³-hybridized carbons (Fsp3) is 0.238. The number of nitrogens with one attached hydrogen (secondary N) is 1. The van der Waals surface area contributed by atoms with Crippen molar-refractivity contribution in [1.29, 1.82) is 0 Å². The second kappa shape index (κ2) is 7.24. The SMILES string of the molecule is CC(CNCCc1cccc2ccccc12)c1ccccc1. The van der Waals surface area contributed by atoms with Crippen LogP contribution in [0.2, 0.25) is 0 Å². The predicted molar refractivity (Wildman–Crippen MR) is 95.4 cm³/mol. The van der Waals surface area contributed by atoms with Crippen molar-refractivity contribution in [3.05, 3.63) is 83.9 Å². The van der Waals surface area contributed by atoms with Gasteiger partial charge in [-0.05, 0) is 40.8 Å². The lowest BCUT2D eigenvalue weighted by Gasteiger charge is -2.13. The van der Waals surface area contributed by atoms with Crippen molar-refractivity contribution in [2.24, 2.45) is 0 Å². The maximum atomic E-state index is 3.60. The van der Waals surface area contributed by atoms with Gasteiger partial charge in [-0.15, -0.1) is 0 Å². The van der Waals surface area contributed by atoms with Crippen LogP contribution in [0.3, 0.4) is 0 Å². The molecule has 1 N–H and O–H groups in total. The molecule has 0 radical (unpaired) electrons. The maximum absolute atomic E-state index is 3.60. The first-order chi connectivity index (χ1) is 10.8. The summed E-state index contributed by atoms with van der Waals surface area (Å²) in [7, 11) is 0. The number of fused-ring (bicyclic) bond motifs is 1. The molecule has 112 valence electrons. The van der Waals surface area contributed by atoms with Crippen LogP contribution in [-0.2, 0) is 6.42 Å². The van der Waals surface area contributed by atoms with Crippen molar-refractivity contribution >= 4 is 10.8 Å². The highest BCUT2D eigenvalue weighted by molar-refractivity contribution is 5.85. The van der Waals surface area contributed by atoms with E-state index >= 15 is 0 Å². The highest BCUT2D eigenvalue weighted by atomic mass is 14.8. The van der Waals surface area contributed by atoms with Gasteiger partial charge in [-0.3, -0.25) is 0 Å². The number of hydrogen-bond donors (Lipinski definition) is 1. The third-order valence-electron chi connectivity index (χ3n) is 4.27. The summed E-state index contributed by atoms with van der Waals surface area (Å²) in [6, 6.07) is 25.9. The Bertz CT molecular complexity index is 713. The Hall–Kier alpha value is -2.12. The zero-order chi connectivity index (χ0) is 15.2. The molecule has 0 aliphatic carbocycles. The van der Waals surface area contributed by atoms with Gasteiger partial charge in [0.25, 0.3) is 0 Å². The molecule has 1 atom stereocenters. The lowest BCUT2D eigenvalue weighted by atomic mass is 10.0. The molecule has 1 heteroatoms. The van der Waals surface area contributed by atoms with Crippen LogP contribution >= 0.6 is 0 Å². The van der Waals surface area contributed by atoms with Crippen molar-refractivity contribution < 1.29 is 0 Å². The predicted octanol–water partition coefficient (Wildman–Crippen LogP) is 4.78. The van der Waals surface area contributed by atoms with Crippen LogP contribution < -0.4 is 5.32 Å². The molecule has 0 bridgehead atoms. The molecule has 0 saturated carbocycles. The summed E-state index contributed by atoms with van der Waals surface area (Å²) in [5.41, 5.74) is 2.83. The molecule has 3 aromatic rings. The van der Waals surface area contributed by atoms with Crippen molar-refractivity contribution in [3.8, 4) is 0 Å². The Morgan fingerprint density at radius 2 is 1.55 bits per heavy atom. The first-order valence-corrected chi connectivity index (χ1v) is 8.07. The van der Waals surface area contributed by atoms with Crippen LogP contribution in [-0.4, -0.2) is 13.1 Å². The quantitative estimate of drug-likeness (QED) is 0.644. The monoisotopic (exact) mass is 289 g/mol. The van der Waals surface area contributed by atoms with E-state index in [2.05, 4.69) is 85.0 Å². The molecular weight excluding hydrogens is 266 g/mol. The highest BCUT2D eigenvalue weighted by Crippen LogP contribution is 2.18. The Labute approximate surface area is 133 Å². The van der Waals surface area contributed by atoms with E-state index in [1.54, 1.807) is 0 Å². The van der Waals surface area contributed by atoms with Crippen LogP contribution in [0, 0.1) is 0 Å². The first kappa shape index (κ1) is 14.8. The number of rotatable bonds is 6. The lowest BCUT2D eigenvalue weighted by molar-refractivity contribution is 0.616. The summed E-state index contributed by atoms with van der Waals surface area (Å²) >= 11 is 0. The molecule has 0 saturated heterocycles. The molecule has 0 aliphatic rings. The summed E-state index contributed by atoms with van der Waals surface area (Å²) in [5.74, 6) is 0.550. The molecule has 0 spiro atoms. The topological polar surface area (TPSA) is 12.0 Å². The number of benzene rings is 3. The second-order valence-corrected chi connectivity index (χ2v) is 5.90. The van der Waals surface area contributed by atoms with Gasteiger partial charge in [0, 0.05) is 6.54 Å². The van der Waals surface area contributed by atoms with E-state index in [4.69, 9.17) is 0 Å². The van der Waals surface area contributed by atoms with Gasteiger partial charge in [-0.2, -0.15) is 0 Å². The maximum Gasteiger partial charge on any atom is 0.00176 e. The Morgan fingerprint density at radius 3 is 2.41 bits per heavy atom. The lowest BCUT2D eigenvalue weighted by Crippen LogP contribution is -2.22. The van der Waals surface area contributed by atoms with Gasteiger partial charge < -0.3 is 5.32 Å². The Kier molecular flexibility index (Phi) is 4.87. The minimum Gasteiger partial charge on any atom is -0.316 e. The third-order valence-corrected chi connectivity index (χ3v) is 4.27. The van der Waals surface area contributed by atoms with Gasteiger partial charge in [0.15, 0.2) is 0 Å². The van der Waals surface area contributed by atoms with Gasteiger partial charge in [0.2, 0.25) is 0 Å². The van der Waals surface area contributed by atoms with Crippen LogP contribution in [0.1, 0.15) is 24.0 Å². The normalized spacial score (nSPS) is 12.4. The molecule has 3 aromatic carbocycles. The van der Waals surface area contributed by atoms with Crippen molar-refractivity contribution in [3.63, 3.8) is 0 Å². The summed E-state index contributed by atoms with van der Waals surface area (Å²) in [4.78, 5) is 0. The fourth-order valence-corrected chi connectivity index (χ4v) is 2.95. The smallest absolute Gasteiger partial charge is 0.00176 e. The zero-order valence-corrected chi connectivity index (χ0v) is 13.1. The molecule has 0 heterocycles. The van der Waals surface area contributed by atoms with Crippen LogP contribution in [0.4, 0.5) is 0 Å². The average Bonchev–Trinajstić information content (AvgIpc) is 2.59. The van der Waals surface area contributed by atoms with E-state index in [-0.39, 0.29) is 0 Å². The van der Waals surface area contributed by atoms with E-state index in [1.165, 1.54) is 21.9 Å². The van der Waals surface area contributed by atoms with Crippen molar-refractivity contribution in [2.45, 2.75) is 19.3 Å². The molecule has 0 aromatic heterocycles. The van der Waals surface area contributed by atoms with Gasteiger partial charge in [-0.25, -0.2) is 0 Å². The third kappa shape index (κ3) is 3.55. The zero-order valence-electron chi connectivity index (χ0n) is 13.1. The highest BCUT2D eigenvalue weighted by Gasteiger charge is 2.04. The minimum absolute atomic E-state index is 0.550. The Balaban J connectivity index is 1.55. The summed E-state index contributed by atoms with van der Waals surface area (Å²) in [6.07, 6.45) is 1.07. The molecule has 0 fully saturated rings. The van der Waals surface area contributed by atoms with Gasteiger partial charge in [0.05, 0.1) is 0 Å². The molecule has 3 rings (SSSR count). The van der Waals surface area contributed by atoms with Crippen molar-refractivity contribution in [2.75, 3.05) is 13.1 Å². The van der Waals surface area contributed by atoms with Gasteiger partial charge >= 0.3 is 0 Å². The van der Waals surface area contributed by atoms with Crippen LogP contribution in [0.25, 0.3) is 10.8 Å². The Morgan fingerprint density at radius 1 is 0.818 bits per heavy atom. The summed E-state index contributed by atoms with van der Waals surface area (Å²) in [6.45, 7) is 4.32. The molecule has 1 nitrogen and oxygen atoms in total. The molecule has 1 unspecified atom stereocenters. The van der Waals surface area contributed by atoms with Gasteiger partial charge in [-0.1, -0.05) is 79.7 Å². The summed E-state index contributed by atoms with van der Waals surface area (Å²) in [5, 5.41) is 6.31. The van der Waals surface area contributed by atoms with E-state index in [1.807, 2.05) is 0 Å². The average molecular weight is 289 g/mol. The summed E-state index contributed by atoms with van der Waals surface area (Å²) < 4.78 is 0. The van der Waals surface area contributed by atoms with E-state index in [9.17, 15) is 0 Å². The second-order valence-electron chi connectivity index (χ2n) is 5.90. The van der Waals surface area contributed by atoms with Crippen LogP contribution in [0.15, 0.2) is 72.8 Å². The molecule has 0 amide bonds. The first-order valence-electron chi connectivity index (χ1n) is 8.07. The molecule has 0 aliphatic heterocycles. The molecule has 22 heavy (non-hydrogen) atoms.